The van der Waals surface area contributed by atoms with Crippen molar-refractivity contribution < 1.29 is 4.79 Å². The Balaban J connectivity index is 2.43. The van der Waals surface area contributed by atoms with Crippen LogP contribution in [0.25, 0.3) is 0 Å². The van der Waals surface area contributed by atoms with E-state index in [-0.39, 0.29) is 5.91 Å². The van der Waals surface area contributed by atoms with Crippen molar-refractivity contribution in [2.24, 2.45) is 0 Å². The fourth-order valence-corrected chi connectivity index (χ4v) is 1.91. The number of aromatic nitrogens is 2. The van der Waals surface area contributed by atoms with E-state index in [1.807, 2.05) is 6.92 Å². The van der Waals surface area contributed by atoms with Crippen molar-refractivity contribution in [2.75, 3.05) is 18.0 Å². The van der Waals surface area contributed by atoms with E-state index in [2.05, 4.69) is 15.3 Å². The lowest BCUT2D eigenvalue weighted by Gasteiger charge is -1.99. The van der Waals surface area contributed by atoms with E-state index in [0.717, 1.165) is 0 Å². The monoisotopic (exact) mass is 272 g/mol. The number of nitrogens with one attached hydrogen (secondary N) is 1. The normalized spacial score (nSPS) is 10.7. The van der Waals surface area contributed by atoms with Crippen molar-refractivity contribution in [1.29, 1.82) is 0 Å². The quantitative estimate of drug-likeness (QED) is 0.367. The van der Waals surface area contributed by atoms with Crippen LogP contribution in [-0.4, -0.2) is 28.2 Å². The molecule has 1 amide bonds. The summed E-state index contributed by atoms with van der Waals surface area (Å²) >= 11 is 7.08. The Morgan fingerprint density at radius 3 is 3.06 bits per heavy atom. The number of carbonyl (C=O) groups excluding carboxylic acids is 1. The van der Waals surface area contributed by atoms with Gasteiger partial charge in [-0.05, 0) is 13.0 Å². The predicted octanol–water partition coefficient (Wildman–Crippen LogP) is 1.50. The van der Waals surface area contributed by atoms with Gasteiger partial charge in [0.2, 0.25) is 5.91 Å². The molecule has 1 rings (SSSR count). The van der Waals surface area contributed by atoms with Crippen LogP contribution in [-0.2, 0) is 4.79 Å². The predicted molar refractivity (Wildman–Crippen MR) is 70.0 cm³/mol. The summed E-state index contributed by atoms with van der Waals surface area (Å²) in [5, 5.41) is 3.46. The summed E-state index contributed by atoms with van der Waals surface area (Å²) in [6.07, 6.45) is 3.21. The van der Waals surface area contributed by atoms with Crippen molar-refractivity contribution in [2.45, 2.75) is 12.1 Å². The van der Waals surface area contributed by atoms with Gasteiger partial charge >= 0.3 is 0 Å². The second kappa shape index (κ2) is 7.13. The molecule has 0 aromatic carbocycles. The van der Waals surface area contributed by atoms with Gasteiger partial charge in [0.1, 0.15) is 11.0 Å². The highest BCUT2D eigenvalue weighted by atomic mass is 35.5. The van der Waals surface area contributed by atoms with E-state index < -0.39 is 0 Å². The standard InChI is InChI=1S/C10H13ClN4OS/c1-2-13-9(16)4-3-5-17-10-14-7(11)6-8(12)15-10/h3-4,6H,2,5H2,1H3,(H,13,16)(H2,12,14,15). The van der Waals surface area contributed by atoms with Gasteiger partial charge in [0.15, 0.2) is 5.16 Å². The molecule has 5 nitrogen and oxygen atoms in total. The number of nitrogens with zero attached hydrogens (tertiary/aromatic N) is 2. The van der Waals surface area contributed by atoms with Gasteiger partial charge in [0.25, 0.3) is 0 Å². The zero-order chi connectivity index (χ0) is 12.7. The Kier molecular flexibility index (Phi) is 5.79. The Hall–Kier alpha value is -1.27. The minimum Gasteiger partial charge on any atom is -0.384 e. The van der Waals surface area contributed by atoms with E-state index in [0.29, 0.717) is 28.4 Å². The number of carbonyl (C=O) groups is 1. The van der Waals surface area contributed by atoms with Crippen LogP contribution in [0.1, 0.15) is 6.92 Å². The number of likely N-dealkylation sites (N-methyl/N-ethyl adjacent to an activating group) is 1. The van der Waals surface area contributed by atoms with Crippen molar-refractivity contribution >= 4 is 35.1 Å². The third-order valence-corrected chi connectivity index (χ3v) is 2.62. The molecule has 0 aliphatic heterocycles. The molecule has 0 aliphatic rings. The molecule has 0 bridgehead atoms. The first-order chi connectivity index (χ1) is 8.11. The summed E-state index contributed by atoms with van der Waals surface area (Å²) in [6, 6.07) is 1.48. The topological polar surface area (TPSA) is 80.9 Å². The number of nitrogen functional groups attached to an aromatic ring is 1. The fraction of sp³-hybridized carbons (Fsp3) is 0.300. The van der Waals surface area contributed by atoms with E-state index in [4.69, 9.17) is 17.3 Å². The van der Waals surface area contributed by atoms with Gasteiger partial charge in [-0.3, -0.25) is 4.79 Å². The molecule has 0 unspecified atom stereocenters. The number of thioether (sulfide) groups is 1. The number of halogens is 1. The molecule has 17 heavy (non-hydrogen) atoms. The molecule has 0 saturated heterocycles. The van der Waals surface area contributed by atoms with Crippen LogP contribution < -0.4 is 11.1 Å². The number of hydrogen-bond donors (Lipinski definition) is 2. The lowest BCUT2D eigenvalue weighted by atomic mass is 10.5. The first-order valence-corrected chi connectivity index (χ1v) is 6.35. The number of hydrogen-bond acceptors (Lipinski definition) is 5. The maximum absolute atomic E-state index is 11.1. The smallest absolute Gasteiger partial charge is 0.243 e. The molecule has 0 atom stereocenters. The first kappa shape index (κ1) is 13.8. The average Bonchev–Trinajstić information content (AvgIpc) is 2.23. The molecule has 1 heterocycles. The summed E-state index contributed by atoms with van der Waals surface area (Å²) < 4.78 is 0. The van der Waals surface area contributed by atoms with Gasteiger partial charge in [-0.25, -0.2) is 9.97 Å². The molecule has 1 aromatic heterocycles. The van der Waals surface area contributed by atoms with Crippen LogP contribution in [0, 0.1) is 0 Å². The number of rotatable bonds is 5. The van der Waals surface area contributed by atoms with E-state index in [1.54, 1.807) is 6.08 Å². The Bertz CT molecular complexity index is 405. The van der Waals surface area contributed by atoms with Gasteiger partial charge in [-0.1, -0.05) is 29.4 Å². The van der Waals surface area contributed by atoms with Gasteiger partial charge in [0, 0.05) is 18.4 Å². The van der Waals surface area contributed by atoms with Gasteiger partial charge in [-0.15, -0.1) is 0 Å². The van der Waals surface area contributed by atoms with Gasteiger partial charge in [-0.2, -0.15) is 0 Å². The van der Waals surface area contributed by atoms with Crippen LogP contribution in [0.3, 0.4) is 0 Å². The minimum absolute atomic E-state index is 0.111. The third kappa shape index (κ3) is 5.55. The fourth-order valence-electron chi connectivity index (χ4n) is 0.989. The molecule has 1 aromatic rings. The molecule has 0 aliphatic carbocycles. The zero-order valence-electron chi connectivity index (χ0n) is 9.31. The van der Waals surface area contributed by atoms with Crippen molar-refractivity contribution in [3.8, 4) is 0 Å². The summed E-state index contributed by atoms with van der Waals surface area (Å²) in [7, 11) is 0. The molecule has 7 heteroatoms. The molecule has 0 radical (unpaired) electrons. The van der Waals surface area contributed by atoms with Crippen LogP contribution in [0.4, 0.5) is 5.82 Å². The maximum Gasteiger partial charge on any atom is 0.243 e. The third-order valence-electron chi connectivity index (χ3n) is 1.62. The highest BCUT2D eigenvalue weighted by Gasteiger charge is 2.00. The summed E-state index contributed by atoms with van der Waals surface area (Å²) in [6.45, 7) is 2.48. The summed E-state index contributed by atoms with van der Waals surface area (Å²) in [5.41, 5.74) is 5.52. The van der Waals surface area contributed by atoms with Gasteiger partial charge < -0.3 is 11.1 Å². The minimum atomic E-state index is -0.111. The Morgan fingerprint density at radius 2 is 2.41 bits per heavy atom. The lowest BCUT2D eigenvalue weighted by Crippen LogP contribution is -2.19. The van der Waals surface area contributed by atoms with Crippen molar-refractivity contribution in [3.05, 3.63) is 23.4 Å². The number of nitrogens with two attached hydrogens (primary N) is 1. The second-order valence-corrected chi connectivity index (χ2v) is 4.38. The Morgan fingerprint density at radius 1 is 1.65 bits per heavy atom. The molecule has 92 valence electrons. The van der Waals surface area contributed by atoms with Crippen LogP contribution in [0.15, 0.2) is 23.4 Å². The molecule has 3 N–H and O–H groups in total. The summed E-state index contributed by atoms with van der Waals surface area (Å²) in [4.78, 5) is 19.1. The largest absolute Gasteiger partial charge is 0.384 e. The maximum atomic E-state index is 11.1. The molecular formula is C10H13ClN4OS. The van der Waals surface area contributed by atoms with Crippen LogP contribution in [0.5, 0.6) is 0 Å². The number of anilines is 1. The van der Waals surface area contributed by atoms with Crippen molar-refractivity contribution in [1.82, 2.24) is 15.3 Å². The SMILES string of the molecule is CCNC(=O)C=CCSc1nc(N)cc(Cl)n1. The second-order valence-electron chi connectivity index (χ2n) is 3.01. The molecular weight excluding hydrogens is 260 g/mol. The van der Waals surface area contributed by atoms with E-state index in [9.17, 15) is 4.79 Å². The van der Waals surface area contributed by atoms with Gasteiger partial charge in [0.05, 0.1) is 0 Å². The highest BCUT2D eigenvalue weighted by Crippen LogP contribution is 2.17. The molecule has 0 spiro atoms. The molecule has 0 fully saturated rings. The highest BCUT2D eigenvalue weighted by molar-refractivity contribution is 7.99. The Labute approximate surface area is 109 Å². The zero-order valence-corrected chi connectivity index (χ0v) is 10.9. The van der Waals surface area contributed by atoms with E-state index >= 15 is 0 Å². The number of amides is 1. The van der Waals surface area contributed by atoms with E-state index in [1.165, 1.54) is 23.9 Å². The summed E-state index contributed by atoms with van der Waals surface area (Å²) in [5.74, 6) is 0.802. The first-order valence-electron chi connectivity index (χ1n) is 4.99. The van der Waals surface area contributed by atoms with Crippen molar-refractivity contribution in [3.63, 3.8) is 0 Å². The molecule has 0 saturated carbocycles. The lowest BCUT2D eigenvalue weighted by molar-refractivity contribution is -0.116. The van der Waals surface area contributed by atoms with Crippen LogP contribution >= 0.6 is 23.4 Å². The van der Waals surface area contributed by atoms with Crippen LogP contribution in [0.2, 0.25) is 5.15 Å². The average molecular weight is 273 g/mol.